The molecule has 2 aliphatic carbocycles. The molecule has 3 rings (SSSR count). The Balaban J connectivity index is 1.99. The number of hydrogen-bond donors (Lipinski definition) is 2. The topological polar surface area (TPSA) is 32.3 Å². The number of hydrogen-bond acceptors (Lipinski definition) is 2. The molecule has 0 amide bonds. The summed E-state index contributed by atoms with van der Waals surface area (Å²) in [4.78, 5) is 0. The number of allylic oxidation sites excluding steroid dienone is 4. The first-order chi connectivity index (χ1) is 7.66. The van der Waals surface area contributed by atoms with Crippen LogP contribution >= 0.6 is 0 Å². The molecule has 0 aromatic carbocycles. The van der Waals surface area contributed by atoms with Crippen LogP contribution in [0.1, 0.15) is 13.8 Å². The lowest BCUT2D eigenvalue weighted by atomic mass is 9.73. The molecule has 0 bridgehead atoms. The van der Waals surface area contributed by atoms with Gasteiger partial charge in [0, 0.05) is 6.04 Å². The molecule has 3 aliphatic rings. The van der Waals surface area contributed by atoms with Crippen molar-refractivity contribution in [1.29, 1.82) is 0 Å². The molecule has 1 saturated carbocycles. The molecule has 0 spiro atoms. The molecular weight excluding hydrogens is 198 g/mol. The predicted molar refractivity (Wildman–Crippen MR) is 64.9 cm³/mol. The van der Waals surface area contributed by atoms with E-state index in [2.05, 4.69) is 43.5 Å². The van der Waals surface area contributed by atoms with Crippen molar-refractivity contribution >= 4 is 0 Å². The van der Waals surface area contributed by atoms with Crippen LogP contribution in [0, 0.1) is 29.1 Å². The Bertz CT molecular complexity index is 345. The van der Waals surface area contributed by atoms with Gasteiger partial charge in [-0.3, -0.25) is 0 Å². The minimum absolute atomic E-state index is 0.276. The maximum atomic E-state index is 9.47. The first-order valence-corrected chi connectivity index (χ1v) is 6.35. The second-order valence-electron chi connectivity index (χ2n) is 6.08. The zero-order valence-corrected chi connectivity index (χ0v) is 10.1. The SMILES string of the molecule is CC1(C)C2CN[C@H](CO)C2[C@H]2C=CC=CC21. The van der Waals surface area contributed by atoms with Crippen molar-refractivity contribution in [3.63, 3.8) is 0 Å². The van der Waals surface area contributed by atoms with Crippen molar-refractivity contribution in [2.24, 2.45) is 29.1 Å². The predicted octanol–water partition coefficient (Wildman–Crippen LogP) is 1.58. The molecule has 16 heavy (non-hydrogen) atoms. The molecule has 88 valence electrons. The van der Waals surface area contributed by atoms with E-state index in [4.69, 9.17) is 0 Å². The summed E-state index contributed by atoms with van der Waals surface area (Å²) in [6, 6.07) is 0.301. The molecular formula is C14H21NO. The molecule has 2 fully saturated rings. The third-order valence-electron chi connectivity index (χ3n) is 5.16. The second-order valence-corrected chi connectivity index (χ2v) is 6.08. The number of nitrogens with one attached hydrogen (secondary N) is 1. The van der Waals surface area contributed by atoms with Gasteiger partial charge in [0.05, 0.1) is 6.61 Å². The van der Waals surface area contributed by atoms with Gasteiger partial charge >= 0.3 is 0 Å². The third-order valence-corrected chi connectivity index (χ3v) is 5.16. The highest BCUT2D eigenvalue weighted by Gasteiger charge is 2.57. The quantitative estimate of drug-likeness (QED) is 0.702. The molecule has 5 atom stereocenters. The number of aliphatic hydroxyl groups excluding tert-OH is 1. The van der Waals surface area contributed by atoms with Crippen molar-refractivity contribution in [2.45, 2.75) is 19.9 Å². The van der Waals surface area contributed by atoms with Crippen LogP contribution < -0.4 is 5.32 Å². The van der Waals surface area contributed by atoms with Crippen molar-refractivity contribution in [2.75, 3.05) is 13.2 Å². The fourth-order valence-corrected chi connectivity index (χ4v) is 4.30. The number of rotatable bonds is 1. The van der Waals surface area contributed by atoms with E-state index in [9.17, 15) is 5.11 Å². The van der Waals surface area contributed by atoms with Gasteiger partial charge in [0.1, 0.15) is 0 Å². The smallest absolute Gasteiger partial charge is 0.0587 e. The molecule has 0 aromatic heterocycles. The van der Waals surface area contributed by atoms with Crippen molar-refractivity contribution in [1.82, 2.24) is 5.32 Å². The van der Waals surface area contributed by atoms with Crippen molar-refractivity contribution in [3.8, 4) is 0 Å². The monoisotopic (exact) mass is 219 g/mol. The summed E-state index contributed by atoms with van der Waals surface area (Å²) in [6.07, 6.45) is 9.09. The molecule has 1 aliphatic heterocycles. The van der Waals surface area contributed by atoms with E-state index >= 15 is 0 Å². The van der Waals surface area contributed by atoms with E-state index in [1.165, 1.54) is 0 Å². The molecule has 2 N–H and O–H groups in total. The summed E-state index contributed by atoms with van der Waals surface area (Å²) >= 11 is 0. The van der Waals surface area contributed by atoms with E-state index in [-0.39, 0.29) is 6.61 Å². The zero-order chi connectivity index (χ0) is 11.3. The third kappa shape index (κ3) is 1.20. The molecule has 3 unspecified atom stereocenters. The highest BCUT2D eigenvalue weighted by atomic mass is 16.3. The lowest BCUT2D eigenvalue weighted by Crippen LogP contribution is -2.35. The molecule has 2 nitrogen and oxygen atoms in total. The lowest BCUT2D eigenvalue weighted by Gasteiger charge is -2.32. The van der Waals surface area contributed by atoms with Gasteiger partial charge in [-0.2, -0.15) is 0 Å². The van der Waals surface area contributed by atoms with Gasteiger partial charge in [-0.15, -0.1) is 0 Å². The molecule has 1 saturated heterocycles. The van der Waals surface area contributed by atoms with Crippen LogP contribution in [0.3, 0.4) is 0 Å². The van der Waals surface area contributed by atoms with E-state index in [1.807, 2.05) is 0 Å². The Kier molecular flexibility index (Phi) is 2.27. The van der Waals surface area contributed by atoms with Crippen LogP contribution in [0.2, 0.25) is 0 Å². The normalized spacial score (nSPS) is 48.1. The van der Waals surface area contributed by atoms with E-state index < -0.39 is 0 Å². The van der Waals surface area contributed by atoms with Crippen molar-refractivity contribution < 1.29 is 5.11 Å². The maximum Gasteiger partial charge on any atom is 0.0587 e. The Morgan fingerprint density at radius 3 is 2.81 bits per heavy atom. The molecule has 0 aromatic rings. The van der Waals surface area contributed by atoms with Crippen LogP contribution in [-0.2, 0) is 0 Å². The van der Waals surface area contributed by atoms with E-state index in [0.717, 1.165) is 6.54 Å². The summed E-state index contributed by atoms with van der Waals surface area (Å²) in [7, 11) is 0. The average molecular weight is 219 g/mol. The number of aliphatic hydroxyl groups is 1. The Morgan fingerprint density at radius 2 is 2.06 bits per heavy atom. The minimum atomic E-state index is 0.276. The van der Waals surface area contributed by atoms with Gasteiger partial charge in [-0.1, -0.05) is 38.2 Å². The maximum absolute atomic E-state index is 9.47. The van der Waals surface area contributed by atoms with Gasteiger partial charge in [-0.25, -0.2) is 0 Å². The van der Waals surface area contributed by atoms with Gasteiger partial charge < -0.3 is 10.4 Å². The van der Waals surface area contributed by atoms with Crippen molar-refractivity contribution in [3.05, 3.63) is 24.3 Å². The van der Waals surface area contributed by atoms with E-state index in [1.54, 1.807) is 0 Å². The highest BCUT2D eigenvalue weighted by Crippen LogP contribution is 2.58. The summed E-state index contributed by atoms with van der Waals surface area (Å²) in [5.41, 5.74) is 0.355. The summed E-state index contributed by atoms with van der Waals surface area (Å²) in [5.74, 6) is 2.60. The Morgan fingerprint density at radius 1 is 1.31 bits per heavy atom. The summed E-state index contributed by atoms with van der Waals surface area (Å²) < 4.78 is 0. The largest absolute Gasteiger partial charge is 0.395 e. The zero-order valence-electron chi connectivity index (χ0n) is 10.1. The minimum Gasteiger partial charge on any atom is -0.395 e. The standard InChI is InChI=1S/C14H21NO/c1-14(2)10-6-4-3-5-9(10)13-11(14)7-15-12(13)8-16/h3-6,9-13,15-16H,7-8H2,1-2H3/t9-,10?,11?,12+,13?/m0/s1. The van der Waals surface area contributed by atoms with Crippen LogP contribution in [-0.4, -0.2) is 24.3 Å². The first-order valence-electron chi connectivity index (χ1n) is 6.35. The van der Waals surface area contributed by atoms with Crippen LogP contribution in [0.15, 0.2) is 24.3 Å². The van der Waals surface area contributed by atoms with Gasteiger partial charge in [0.15, 0.2) is 0 Å². The van der Waals surface area contributed by atoms with Gasteiger partial charge in [0.25, 0.3) is 0 Å². The molecule has 2 heteroatoms. The van der Waals surface area contributed by atoms with E-state index in [0.29, 0.717) is 35.1 Å². The first kappa shape index (κ1) is 10.5. The van der Waals surface area contributed by atoms with Gasteiger partial charge in [-0.05, 0) is 35.6 Å². The summed E-state index contributed by atoms with van der Waals surface area (Å²) in [6.45, 7) is 6.12. The highest BCUT2D eigenvalue weighted by molar-refractivity contribution is 5.25. The lowest BCUT2D eigenvalue weighted by molar-refractivity contribution is 0.199. The van der Waals surface area contributed by atoms with Crippen LogP contribution in [0.4, 0.5) is 0 Å². The Hall–Kier alpha value is -0.600. The average Bonchev–Trinajstić information content (AvgIpc) is 2.80. The molecule has 0 radical (unpaired) electrons. The fourth-order valence-electron chi connectivity index (χ4n) is 4.30. The van der Waals surface area contributed by atoms with Crippen LogP contribution in [0.25, 0.3) is 0 Å². The molecule has 1 heterocycles. The van der Waals surface area contributed by atoms with Crippen LogP contribution in [0.5, 0.6) is 0 Å². The number of fused-ring (bicyclic) bond motifs is 3. The summed E-state index contributed by atoms with van der Waals surface area (Å²) in [5, 5.41) is 13.0. The Labute approximate surface area is 97.4 Å². The fraction of sp³-hybridized carbons (Fsp3) is 0.714. The van der Waals surface area contributed by atoms with Gasteiger partial charge in [0.2, 0.25) is 0 Å². The second kappa shape index (κ2) is 3.44.